The van der Waals surface area contributed by atoms with Crippen LogP contribution < -0.4 is 14.8 Å². The van der Waals surface area contributed by atoms with Gasteiger partial charge in [-0.2, -0.15) is 0 Å². The van der Waals surface area contributed by atoms with Crippen LogP contribution >= 0.6 is 11.3 Å². The van der Waals surface area contributed by atoms with Gasteiger partial charge in [-0.15, -0.1) is 10.2 Å². The van der Waals surface area contributed by atoms with Crippen molar-refractivity contribution in [1.29, 1.82) is 0 Å². The molecule has 3 rings (SSSR count). The Morgan fingerprint density at radius 2 is 2.06 bits per heavy atom. The van der Waals surface area contributed by atoms with Gasteiger partial charge in [0.15, 0.2) is 11.5 Å². The van der Waals surface area contributed by atoms with E-state index in [0.717, 1.165) is 33.6 Å². The van der Waals surface area contributed by atoms with Gasteiger partial charge in [0.1, 0.15) is 23.2 Å². The normalized spacial score (nSPS) is 13.6. The van der Waals surface area contributed by atoms with Crippen molar-refractivity contribution in [3.63, 3.8) is 0 Å². The molecule has 94 valence electrons. The van der Waals surface area contributed by atoms with Crippen LogP contribution in [0.1, 0.15) is 5.01 Å². The monoisotopic (exact) mass is 263 g/mol. The summed E-state index contributed by atoms with van der Waals surface area (Å²) in [7, 11) is 1.89. The van der Waals surface area contributed by atoms with Gasteiger partial charge in [-0.05, 0) is 25.2 Å². The summed E-state index contributed by atoms with van der Waals surface area (Å²) in [6.07, 6.45) is 0. The first-order valence-corrected chi connectivity index (χ1v) is 6.55. The topological polar surface area (TPSA) is 56.3 Å². The van der Waals surface area contributed by atoms with Gasteiger partial charge in [0.05, 0.1) is 0 Å². The van der Waals surface area contributed by atoms with E-state index in [-0.39, 0.29) is 0 Å². The lowest BCUT2D eigenvalue weighted by Crippen LogP contribution is -2.15. The zero-order valence-corrected chi connectivity index (χ0v) is 10.8. The van der Waals surface area contributed by atoms with Crippen LogP contribution in [0.5, 0.6) is 11.5 Å². The van der Waals surface area contributed by atoms with Gasteiger partial charge in [0.25, 0.3) is 0 Å². The summed E-state index contributed by atoms with van der Waals surface area (Å²) >= 11 is 1.58. The van der Waals surface area contributed by atoms with E-state index >= 15 is 0 Å². The van der Waals surface area contributed by atoms with E-state index in [2.05, 4.69) is 15.5 Å². The molecule has 1 N–H and O–H groups in total. The number of hydrogen-bond donors (Lipinski definition) is 1. The molecule has 2 aromatic rings. The molecule has 1 aliphatic rings. The Balaban J connectivity index is 1.91. The summed E-state index contributed by atoms with van der Waals surface area (Å²) in [5, 5.41) is 13.3. The molecule has 0 spiro atoms. The SMILES string of the molecule is CNCc1nnc(-c2ccc3c(c2)OCCO3)s1. The molecule has 6 heteroatoms. The lowest BCUT2D eigenvalue weighted by Gasteiger charge is -2.18. The van der Waals surface area contributed by atoms with E-state index in [1.165, 1.54) is 0 Å². The summed E-state index contributed by atoms with van der Waals surface area (Å²) in [6, 6.07) is 5.86. The van der Waals surface area contributed by atoms with Crippen molar-refractivity contribution < 1.29 is 9.47 Å². The van der Waals surface area contributed by atoms with Gasteiger partial charge in [-0.3, -0.25) is 0 Å². The summed E-state index contributed by atoms with van der Waals surface area (Å²) in [5.74, 6) is 1.58. The second-order valence-electron chi connectivity index (χ2n) is 3.89. The lowest BCUT2D eigenvalue weighted by molar-refractivity contribution is 0.171. The second-order valence-corrected chi connectivity index (χ2v) is 4.95. The van der Waals surface area contributed by atoms with Crippen LogP contribution in [0.25, 0.3) is 10.6 Å². The summed E-state index contributed by atoms with van der Waals surface area (Å²) in [4.78, 5) is 0. The first kappa shape index (κ1) is 11.4. The maximum atomic E-state index is 5.56. The molecule has 0 saturated carbocycles. The number of nitrogens with one attached hydrogen (secondary N) is 1. The quantitative estimate of drug-likeness (QED) is 0.913. The third-order valence-electron chi connectivity index (χ3n) is 2.58. The van der Waals surface area contributed by atoms with Gasteiger partial charge < -0.3 is 14.8 Å². The maximum absolute atomic E-state index is 5.56. The molecule has 1 aromatic heterocycles. The number of ether oxygens (including phenoxy) is 2. The van der Waals surface area contributed by atoms with Crippen LogP contribution in [0.3, 0.4) is 0 Å². The average Bonchev–Trinajstić information content (AvgIpc) is 2.87. The lowest BCUT2D eigenvalue weighted by atomic mass is 10.2. The van der Waals surface area contributed by atoms with Crippen molar-refractivity contribution in [1.82, 2.24) is 15.5 Å². The molecule has 0 radical (unpaired) electrons. The molecule has 0 aliphatic carbocycles. The molecule has 0 bridgehead atoms. The van der Waals surface area contributed by atoms with Gasteiger partial charge in [0.2, 0.25) is 0 Å². The Morgan fingerprint density at radius 1 is 1.22 bits per heavy atom. The zero-order valence-electron chi connectivity index (χ0n) is 9.97. The molecule has 0 fully saturated rings. The number of aromatic nitrogens is 2. The minimum absolute atomic E-state index is 0.595. The molecule has 1 aromatic carbocycles. The summed E-state index contributed by atoms with van der Waals surface area (Å²) in [5.41, 5.74) is 1.01. The van der Waals surface area contributed by atoms with E-state index in [9.17, 15) is 0 Å². The Labute approximate surface area is 109 Å². The van der Waals surface area contributed by atoms with Crippen molar-refractivity contribution in [2.75, 3.05) is 20.3 Å². The van der Waals surface area contributed by atoms with E-state index in [0.29, 0.717) is 13.2 Å². The van der Waals surface area contributed by atoms with Gasteiger partial charge >= 0.3 is 0 Å². The molecule has 0 unspecified atom stereocenters. The molecular weight excluding hydrogens is 250 g/mol. The number of fused-ring (bicyclic) bond motifs is 1. The van der Waals surface area contributed by atoms with Crippen LogP contribution in [0, 0.1) is 0 Å². The molecule has 0 saturated heterocycles. The molecule has 18 heavy (non-hydrogen) atoms. The first-order chi connectivity index (χ1) is 8.86. The van der Waals surface area contributed by atoms with Crippen molar-refractivity contribution in [3.8, 4) is 22.1 Å². The Hall–Kier alpha value is -1.66. The van der Waals surface area contributed by atoms with Crippen molar-refractivity contribution >= 4 is 11.3 Å². The Kier molecular flexibility index (Phi) is 3.12. The highest BCUT2D eigenvalue weighted by Crippen LogP contribution is 2.35. The first-order valence-electron chi connectivity index (χ1n) is 5.74. The highest BCUT2D eigenvalue weighted by Gasteiger charge is 2.14. The van der Waals surface area contributed by atoms with Crippen LogP contribution in [0.4, 0.5) is 0 Å². The van der Waals surface area contributed by atoms with Crippen LogP contribution in [0.2, 0.25) is 0 Å². The summed E-state index contributed by atoms with van der Waals surface area (Å²) < 4.78 is 11.0. The van der Waals surface area contributed by atoms with E-state index in [4.69, 9.17) is 9.47 Å². The van der Waals surface area contributed by atoms with E-state index in [1.807, 2.05) is 25.2 Å². The molecule has 1 aliphatic heterocycles. The van der Waals surface area contributed by atoms with E-state index in [1.54, 1.807) is 11.3 Å². The number of hydrogen-bond acceptors (Lipinski definition) is 6. The molecule has 5 nitrogen and oxygen atoms in total. The third-order valence-corrected chi connectivity index (χ3v) is 3.56. The number of benzene rings is 1. The maximum Gasteiger partial charge on any atom is 0.162 e. The smallest absolute Gasteiger partial charge is 0.162 e. The van der Waals surface area contributed by atoms with Crippen LogP contribution in [-0.4, -0.2) is 30.5 Å². The minimum atomic E-state index is 0.595. The molecule has 0 amide bonds. The average molecular weight is 263 g/mol. The predicted molar refractivity (Wildman–Crippen MR) is 69.1 cm³/mol. The largest absolute Gasteiger partial charge is 0.486 e. The van der Waals surface area contributed by atoms with Crippen LogP contribution in [0.15, 0.2) is 18.2 Å². The predicted octanol–water partition coefficient (Wildman–Crippen LogP) is 1.70. The minimum Gasteiger partial charge on any atom is -0.486 e. The van der Waals surface area contributed by atoms with Crippen molar-refractivity contribution in [3.05, 3.63) is 23.2 Å². The molecular formula is C12H13N3O2S. The highest BCUT2D eigenvalue weighted by molar-refractivity contribution is 7.14. The van der Waals surface area contributed by atoms with Crippen molar-refractivity contribution in [2.24, 2.45) is 0 Å². The molecule has 2 heterocycles. The fraction of sp³-hybridized carbons (Fsp3) is 0.333. The van der Waals surface area contributed by atoms with Crippen LogP contribution in [-0.2, 0) is 6.54 Å². The summed E-state index contributed by atoms with van der Waals surface area (Å²) in [6.45, 7) is 1.94. The zero-order chi connectivity index (χ0) is 12.4. The Bertz CT molecular complexity index is 556. The van der Waals surface area contributed by atoms with Gasteiger partial charge in [-0.25, -0.2) is 0 Å². The highest BCUT2D eigenvalue weighted by atomic mass is 32.1. The fourth-order valence-corrected chi connectivity index (χ4v) is 2.62. The third kappa shape index (κ3) is 2.16. The van der Waals surface area contributed by atoms with Gasteiger partial charge in [-0.1, -0.05) is 11.3 Å². The number of nitrogens with zero attached hydrogens (tertiary/aromatic N) is 2. The molecule has 0 atom stereocenters. The fourth-order valence-electron chi connectivity index (χ4n) is 1.77. The van der Waals surface area contributed by atoms with Crippen molar-refractivity contribution in [2.45, 2.75) is 6.54 Å². The second kappa shape index (κ2) is 4.91. The number of rotatable bonds is 3. The standard InChI is InChI=1S/C12H13N3O2S/c1-13-7-11-14-15-12(18-11)8-2-3-9-10(6-8)17-5-4-16-9/h2-3,6,13H,4-5,7H2,1H3. The Morgan fingerprint density at radius 3 is 2.89 bits per heavy atom. The van der Waals surface area contributed by atoms with Gasteiger partial charge in [0, 0.05) is 12.1 Å². The van der Waals surface area contributed by atoms with E-state index < -0.39 is 0 Å².